The van der Waals surface area contributed by atoms with Gasteiger partial charge in [-0.25, -0.2) is 0 Å². The van der Waals surface area contributed by atoms with Crippen LogP contribution in [0, 0.1) is 0 Å². The molecule has 98 valence electrons. The van der Waals surface area contributed by atoms with Crippen LogP contribution in [0.2, 0.25) is 0 Å². The number of anilines is 1. The van der Waals surface area contributed by atoms with Crippen molar-refractivity contribution in [3.8, 4) is 5.75 Å². The third-order valence-corrected chi connectivity index (χ3v) is 3.11. The zero-order valence-electron chi connectivity index (χ0n) is 10.5. The van der Waals surface area contributed by atoms with E-state index in [0.29, 0.717) is 11.4 Å². The summed E-state index contributed by atoms with van der Waals surface area (Å²) in [6.07, 6.45) is 0. The van der Waals surface area contributed by atoms with E-state index >= 15 is 0 Å². The van der Waals surface area contributed by atoms with Gasteiger partial charge in [-0.2, -0.15) is 0 Å². The standard InChI is InChI=1S/C15H14ClNO2/c1-19-13-9-5-8-12(10-13)17-15(18)14(16)11-6-3-2-4-7-11/h2-10,14H,1H3,(H,17,18)/t14-/m0/s1. The highest BCUT2D eigenvalue weighted by molar-refractivity contribution is 6.32. The highest BCUT2D eigenvalue weighted by atomic mass is 35.5. The molecule has 2 aromatic rings. The maximum Gasteiger partial charge on any atom is 0.246 e. The number of carbonyl (C=O) groups excluding carboxylic acids is 1. The Morgan fingerprint density at radius 1 is 1.16 bits per heavy atom. The van der Waals surface area contributed by atoms with Gasteiger partial charge in [-0.1, -0.05) is 36.4 Å². The summed E-state index contributed by atoms with van der Waals surface area (Å²) in [5.74, 6) is 0.421. The minimum absolute atomic E-state index is 0.263. The van der Waals surface area contributed by atoms with Crippen LogP contribution in [0.1, 0.15) is 10.9 Å². The van der Waals surface area contributed by atoms with Crippen molar-refractivity contribution in [3.63, 3.8) is 0 Å². The van der Waals surface area contributed by atoms with Crippen molar-refractivity contribution in [3.05, 3.63) is 60.2 Å². The largest absolute Gasteiger partial charge is 0.497 e. The van der Waals surface area contributed by atoms with Crippen LogP contribution >= 0.6 is 11.6 Å². The van der Waals surface area contributed by atoms with Gasteiger partial charge < -0.3 is 10.1 Å². The minimum atomic E-state index is -0.715. The quantitative estimate of drug-likeness (QED) is 0.866. The number of halogens is 1. The minimum Gasteiger partial charge on any atom is -0.497 e. The summed E-state index contributed by atoms with van der Waals surface area (Å²) in [7, 11) is 1.58. The summed E-state index contributed by atoms with van der Waals surface area (Å²) < 4.78 is 5.10. The highest BCUT2D eigenvalue weighted by Crippen LogP contribution is 2.23. The van der Waals surface area contributed by atoms with Gasteiger partial charge in [-0.3, -0.25) is 4.79 Å². The van der Waals surface area contributed by atoms with E-state index in [2.05, 4.69) is 5.32 Å². The van der Waals surface area contributed by atoms with Gasteiger partial charge in [0.25, 0.3) is 0 Å². The number of amides is 1. The Kier molecular flexibility index (Phi) is 4.42. The number of carbonyl (C=O) groups is 1. The lowest BCUT2D eigenvalue weighted by molar-refractivity contribution is -0.116. The fourth-order valence-corrected chi connectivity index (χ4v) is 1.88. The van der Waals surface area contributed by atoms with E-state index in [1.54, 1.807) is 25.3 Å². The van der Waals surface area contributed by atoms with Crippen LogP contribution in [0.3, 0.4) is 0 Å². The normalized spacial score (nSPS) is 11.7. The van der Waals surface area contributed by atoms with Crippen LogP contribution in [0.4, 0.5) is 5.69 Å². The van der Waals surface area contributed by atoms with Crippen LogP contribution in [0.15, 0.2) is 54.6 Å². The molecule has 0 heterocycles. The fourth-order valence-electron chi connectivity index (χ4n) is 1.68. The van der Waals surface area contributed by atoms with Gasteiger partial charge in [0.15, 0.2) is 0 Å². The molecule has 0 aliphatic rings. The van der Waals surface area contributed by atoms with E-state index in [0.717, 1.165) is 5.56 Å². The second-order valence-electron chi connectivity index (χ2n) is 3.99. The van der Waals surface area contributed by atoms with Gasteiger partial charge in [0.2, 0.25) is 5.91 Å². The maximum atomic E-state index is 12.0. The van der Waals surface area contributed by atoms with Gasteiger partial charge in [-0.15, -0.1) is 11.6 Å². The topological polar surface area (TPSA) is 38.3 Å². The van der Waals surface area contributed by atoms with E-state index in [1.165, 1.54) is 0 Å². The van der Waals surface area contributed by atoms with Crippen molar-refractivity contribution < 1.29 is 9.53 Å². The third-order valence-electron chi connectivity index (χ3n) is 2.66. The SMILES string of the molecule is COc1cccc(NC(=O)[C@@H](Cl)c2ccccc2)c1. The lowest BCUT2D eigenvalue weighted by Crippen LogP contribution is -2.17. The number of benzene rings is 2. The molecule has 0 spiro atoms. The molecule has 1 N–H and O–H groups in total. The Balaban J connectivity index is 2.08. The molecular weight excluding hydrogens is 262 g/mol. The van der Waals surface area contributed by atoms with Crippen LogP contribution in [-0.4, -0.2) is 13.0 Å². The van der Waals surface area contributed by atoms with Gasteiger partial charge >= 0.3 is 0 Å². The summed E-state index contributed by atoms with van der Waals surface area (Å²) >= 11 is 6.14. The maximum absolute atomic E-state index is 12.0. The van der Waals surface area contributed by atoms with E-state index in [4.69, 9.17) is 16.3 Å². The third kappa shape index (κ3) is 3.48. The second kappa shape index (κ2) is 6.25. The Morgan fingerprint density at radius 2 is 1.89 bits per heavy atom. The summed E-state index contributed by atoms with van der Waals surface area (Å²) in [5, 5.41) is 2.05. The van der Waals surface area contributed by atoms with E-state index in [1.807, 2.05) is 36.4 Å². The molecule has 2 rings (SSSR count). The Labute approximate surface area is 117 Å². The summed E-state index contributed by atoms with van der Waals surface area (Å²) in [4.78, 5) is 12.0. The van der Waals surface area contributed by atoms with Gasteiger partial charge in [0.05, 0.1) is 7.11 Å². The molecule has 0 saturated heterocycles. The van der Waals surface area contributed by atoms with E-state index < -0.39 is 5.38 Å². The average Bonchev–Trinajstić information content (AvgIpc) is 2.47. The number of nitrogens with one attached hydrogen (secondary N) is 1. The van der Waals surface area contributed by atoms with Crippen LogP contribution in [-0.2, 0) is 4.79 Å². The molecule has 0 aliphatic heterocycles. The monoisotopic (exact) mass is 275 g/mol. The van der Waals surface area contributed by atoms with Gasteiger partial charge in [0, 0.05) is 11.8 Å². The molecule has 0 fully saturated rings. The average molecular weight is 276 g/mol. The molecule has 1 amide bonds. The van der Waals surface area contributed by atoms with Gasteiger partial charge in [-0.05, 0) is 17.7 Å². The molecule has 1 atom stereocenters. The fraction of sp³-hybridized carbons (Fsp3) is 0.133. The zero-order chi connectivity index (χ0) is 13.7. The number of rotatable bonds is 4. The van der Waals surface area contributed by atoms with E-state index in [-0.39, 0.29) is 5.91 Å². The number of hydrogen-bond acceptors (Lipinski definition) is 2. The predicted octanol–water partition coefficient (Wildman–Crippen LogP) is 3.61. The van der Waals surface area contributed by atoms with E-state index in [9.17, 15) is 4.79 Å². The Hall–Kier alpha value is -2.00. The van der Waals surface area contributed by atoms with Gasteiger partial charge in [0.1, 0.15) is 11.1 Å². The second-order valence-corrected chi connectivity index (χ2v) is 4.43. The van der Waals surface area contributed by atoms with Crippen LogP contribution in [0.5, 0.6) is 5.75 Å². The number of alkyl halides is 1. The molecule has 3 nitrogen and oxygen atoms in total. The Morgan fingerprint density at radius 3 is 2.58 bits per heavy atom. The predicted molar refractivity (Wildman–Crippen MR) is 76.7 cm³/mol. The first-order valence-electron chi connectivity index (χ1n) is 5.84. The number of methoxy groups -OCH3 is 1. The van der Waals surface area contributed by atoms with Crippen LogP contribution < -0.4 is 10.1 Å². The number of hydrogen-bond donors (Lipinski definition) is 1. The van der Waals surface area contributed by atoms with Crippen molar-refractivity contribution in [2.45, 2.75) is 5.38 Å². The molecule has 19 heavy (non-hydrogen) atoms. The number of ether oxygens (including phenoxy) is 1. The summed E-state index contributed by atoms with van der Waals surface area (Å²) in [6, 6.07) is 16.4. The Bertz CT molecular complexity index is 557. The first-order valence-corrected chi connectivity index (χ1v) is 6.28. The molecule has 0 saturated carbocycles. The molecule has 0 aromatic heterocycles. The molecule has 4 heteroatoms. The van der Waals surface area contributed by atoms with Crippen molar-refractivity contribution in [1.82, 2.24) is 0 Å². The summed E-state index contributed by atoms with van der Waals surface area (Å²) in [6.45, 7) is 0. The first kappa shape index (κ1) is 13.4. The smallest absolute Gasteiger partial charge is 0.246 e. The molecule has 2 aromatic carbocycles. The molecule has 0 unspecified atom stereocenters. The van der Waals surface area contributed by atoms with Crippen LogP contribution in [0.25, 0.3) is 0 Å². The lowest BCUT2D eigenvalue weighted by Gasteiger charge is -2.11. The highest BCUT2D eigenvalue weighted by Gasteiger charge is 2.17. The van der Waals surface area contributed by atoms with Crippen molar-refractivity contribution in [2.24, 2.45) is 0 Å². The lowest BCUT2D eigenvalue weighted by atomic mass is 10.1. The molecule has 0 radical (unpaired) electrons. The molecule has 0 bridgehead atoms. The summed E-state index contributed by atoms with van der Waals surface area (Å²) in [5.41, 5.74) is 1.43. The van der Waals surface area contributed by atoms with Crippen molar-refractivity contribution >= 4 is 23.2 Å². The molecule has 0 aliphatic carbocycles. The zero-order valence-corrected chi connectivity index (χ0v) is 11.2. The molecular formula is C15H14ClNO2. The first-order chi connectivity index (χ1) is 9.20. The van der Waals surface area contributed by atoms with Crippen molar-refractivity contribution in [1.29, 1.82) is 0 Å². The van der Waals surface area contributed by atoms with Crippen molar-refractivity contribution in [2.75, 3.05) is 12.4 Å².